The maximum absolute atomic E-state index is 12.5. The molecular weight excluding hydrogens is 392 g/mol. The van der Waals surface area contributed by atoms with Crippen LogP contribution in [-0.4, -0.2) is 50.1 Å². The van der Waals surface area contributed by atoms with Crippen molar-refractivity contribution in [2.75, 3.05) is 24.5 Å². The highest BCUT2D eigenvalue weighted by Crippen LogP contribution is 2.30. The van der Waals surface area contributed by atoms with Gasteiger partial charge in [0.1, 0.15) is 12.7 Å². The van der Waals surface area contributed by atoms with E-state index in [9.17, 15) is 18.3 Å². The summed E-state index contributed by atoms with van der Waals surface area (Å²) >= 11 is 0. The van der Waals surface area contributed by atoms with Crippen molar-refractivity contribution in [3.05, 3.63) is 60.2 Å². The molecule has 1 amide bonds. The third-order valence-electron chi connectivity index (χ3n) is 4.75. The van der Waals surface area contributed by atoms with E-state index in [-0.39, 0.29) is 29.9 Å². The Morgan fingerprint density at radius 2 is 1.79 bits per heavy atom. The molecule has 2 aromatic rings. The molecule has 2 atom stereocenters. The van der Waals surface area contributed by atoms with Gasteiger partial charge in [-0.15, -0.1) is 0 Å². The molecule has 2 aromatic carbocycles. The first kappa shape index (κ1) is 21.3. The average Bonchev–Trinajstić information content (AvgIpc) is 2.70. The Bertz CT molecular complexity index is 929. The Labute approximate surface area is 171 Å². The number of rotatable bonds is 7. The fraction of sp³-hybridized carbons (Fsp3) is 0.381. The molecule has 2 N–H and O–H groups in total. The Morgan fingerprint density at radius 1 is 1.14 bits per heavy atom. The highest BCUT2D eigenvalue weighted by Gasteiger charge is 2.37. The Hall–Kier alpha value is -2.42. The normalized spacial score (nSPS) is 20.1. The molecule has 0 spiro atoms. The number of anilines is 1. The summed E-state index contributed by atoms with van der Waals surface area (Å²) in [5.74, 6) is 0.128. The van der Waals surface area contributed by atoms with E-state index in [0.29, 0.717) is 12.2 Å². The van der Waals surface area contributed by atoms with Crippen LogP contribution >= 0.6 is 0 Å². The molecule has 29 heavy (non-hydrogen) atoms. The summed E-state index contributed by atoms with van der Waals surface area (Å²) in [6.07, 6.45) is -0.476. The number of sulfonamides is 1. The number of ether oxygens (including phenoxy) is 1. The maximum Gasteiger partial charge on any atom is 0.261 e. The largest absolute Gasteiger partial charge is 0.394 e. The minimum atomic E-state index is -3.67. The number of hydrogen-bond donors (Lipinski definition) is 2. The first-order valence-electron chi connectivity index (χ1n) is 9.51. The van der Waals surface area contributed by atoms with Gasteiger partial charge in [0.05, 0.1) is 17.5 Å². The van der Waals surface area contributed by atoms with Crippen molar-refractivity contribution in [3.8, 4) is 0 Å². The first-order valence-corrected chi connectivity index (χ1v) is 11.0. The van der Waals surface area contributed by atoms with E-state index in [4.69, 9.17) is 4.74 Å². The van der Waals surface area contributed by atoms with Crippen molar-refractivity contribution in [2.45, 2.75) is 30.9 Å². The second kappa shape index (κ2) is 8.94. The van der Waals surface area contributed by atoms with Gasteiger partial charge in [0.2, 0.25) is 5.91 Å². The van der Waals surface area contributed by atoms with Crippen molar-refractivity contribution >= 4 is 21.6 Å². The molecule has 1 fully saturated rings. The van der Waals surface area contributed by atoms with Gasteiger partial charge in [-0.25, -0.2) is 8.42 Å². The van der Waals surface area contributed by atoms with Crippen LogP contribution in [0.3, 0.4) is 0 Å². The number of nitrogens with one attached hydrogen (secondary N) is 1. The second-order valence-electron chi connectivity index (χ2n) is 7.46. The lowest BCUT2D eigenvalue weighted by Gasteiger charge is -2.41. The predicted molar refractivity (Wildman–Crippen MR) is 110 cm³/mol. The molecule has 0 saturated carbocycles. The van der Waals surface area contributed by atoms with E-state index in [2.05, 4.69) is 4.72 Å². The quantitative estimate of drug-likeness (QED) is 0.720. The highest BCUT2D eigenvalue weighted by molar-refractivity contribution is 7.92. The van der Waals surface area contributed by atoms with Crippen molar-refractivity contribution in [2.24, 2.45) is 5.92 Å². The van der Waals surface area contributed by atoms with Gasteiger partial charge < -0.3 is 14.7 Å². The molecule has 3 rings (SSSR count). The highest BCUT2D eigenvalue weighted by atomic mass is 32.2. The van der Waals surface area contributed by atoms with Crippen molar-refractivity contribution in [1.82, 2.24) is 4.90 Å². The number of nitrogens with zero attached hydrogens (tertiary/aromatic N) is 1. The lowest BCUT2D eigenvalue weighted by Crippen LogP contribution is -2.53. The molecule has 0 aliphatic carbocycles. The SMILES string of the molecule is CC(C)CN1C(=O)COC(c2ccc(NS(=O)(=O)c3ccccc3)cc2)C1CO. The average molecular weight is 419 g/mol. The van der Waals surface area contributed by atoms with E-state index in [1.54, 1.807) is 47.4 Å². The van der Waals surface area contributed by atoms with E-state index in [1.807, 2.05) is 13.8 Å². The Morgan fingerprint density at radius 3 is 2.38 bits per heavy atom. The van der Waals surface area contributed by atoms with Gasteiger partial charge in [0.15, 0.2) is 0 Å². The number of morpholine rings is 1. The zero-order valence-corrected chi connectivity index (χ0v) is 17.3. The number of carbonyl (C=O) groups excluding carboxylic acids is 1. The van der Waals surface area contributed by atoms with E-state index in [1.165, 1.54) is 12.1 Å². The fourth-order valence-corrected chi connectivity index (χ4v) is 4.48. The van der Waals surface area contributed by atoms with Crippen LogP contribution in [0.5, 0.6) is 0 Å². The first-order chi connectivity index (χ1) is 13.8. The number of aliphatic hydroxyl groups is 1. The van der Waals surface area contributed by atoms with Gasteiger partial charge in [-0.05, 0) is 35.7 Å². The smallest absolute Gasteiger partial charge is 0.261 e. The molecular formula is C21H26N2O5S. The summed E-state index contributed by atoms with van der Waals surface area (Å²) in [4.78, 5) is 14.1. The number of benzene rings is 2. The van der Waals surface area contributed by atoms with Crippen LogP contribution in [0.15, 0.2) is 59.5 Å². The Balaban J connectivity index is 1.78. The van der Waals surface area contributed by atoms with Crippen LogP contribution in [0, 0.1) is 5.92 Å². The van der Waals surface area contributed by atoms with Crippen LogP contribution in [0.1, 0.15) is 25.5 Å². The molecule has 0 bridgehead atoms. The topological polar surface area (TPSA) is 95.9 Å². The van der Waals surface area contributed by atoms with Crippen molar-refractivity contribution in [1.29, 1.82) is 0 Å². The van der Waals surface area contributed by atoms with E-state index < -0.39 is 22.2 Å². The molecule has 7 nitrogen and oxygen atoms in total. The summed E-state index contributed by atoms with van der Waals surface area (Å²) in [7, 11) is -3.67. The summed E-state index contributed by atoms with van der Waals surface area (Å²) in [5, 5.41) is 9.89. The van der Waals surface area contributed by atoms with Crippen LogP contribution < -0.4 is 4.72 Å². The predicted octanol–water partition coefficient (Wildman–Crippen LogP) is 2.40. The summed E-state index contributed by atoms with van der Waals surface area (Å²) in [5.41, 5.74) is 1.19. The van der Waals surface area contributed by atoms with Gasteiger partial charge in [-0.2, -0.15) is 0 Å². The molecule has 0 aromatic heterocycles. The van der Waals surface area contributed by atoms with Crippen LogP contribution in [0.2, 0.25) is 0 Å². The van der Waals surface area contributed by atoms with Crippen molar-refractivity contribution in [3.63, 3.8) is 0 Å². The molecule has 1 aliphatic heterocycles. The molecule has 0 radical (unpaired) electrons. The lowest BCUT2D eigenvalue weighted by atomic mass is 9.98. The van der Waals surface area contributed by atoms with Crippen LogP contribution in [0.4, 0.5) is 5.69 Å². The zero-order chi connectivity index (χ0) is 21.0. The molecule has 1 saturated heterocycles. The molecule has 8 heteroatoms. The summed E-state index contributed by atoms with van der Waals surface area (Å²) < 4.78 is 33.2. The van der Waals surface area contributed by atoms with E-state index in [0.717, 1.165) is 5.56 Å². The van der Waals surface area contributed by atoms with E-state index >= 15 is 0 Å². The van der Waals surface area contributed by atoms with Gasteiger partial charge in [0.25, 0.3) is 10.0 Å². The van der Waals surface area contributed by atoms with Gasteiger partial charge in [0, 0.05) is 12.2 Å². The van der Waals surface area contributed by atoms with Crippen LogP contribution in [0.25, 0.3) is 0 Å². The monoisotopic (exact) mass is 418 g/mol. The van der Waals surface area contributed by atoms with Crippen molar-refractivity contribution < 1.29 is 23.1 Å². The van der Waals surface area contributed by atoms with Gasteiger partial charge >= 0.3 is 0 Å². The summed E-state index contributed by atoms with van der Waals surface area (Å²) in [6.45, 7) is 4.31. The third kappa shape index (κ3) is 4.95. The molecule has 1 heterocycles. The standard InChI is InChI=1S/C21H26N2O5S/c1-15(2)12-23-19(13-24)21(28-14-20(23)25)16-8-10-17(11-9-16)22-29(26,27)18-6-4-3-5-7-18/h3-11,15,19,21-22,24H,12-14H2,1-2H3. The number of aliphatic hydroxyl groups excluding tert-OH is 1. The fourth-order valence-electron chi connectivity index (χ4n) is 3.40. The third-order valence-corrected chi connectivity index (χ3v) is 6.15. The second-order valence-corrected chi connectivity index (χ2v) is 9.14. The number of amides is 1. The minimum absolute atomic E-state index is 0.0454. The lowest BCUT2D eigenvalue weighted by molar-refractivity contribution is -0.161. The summed E-state index contributed by atoms with van der Waals surface area (Å²) in [6, 6.07) is 14.5. The number of hydrogen-bond acceptors (Lipinski definition) is 5. The van der Waals surface area contributed by atoms with Gasteiger partial charge in [-0.1, -0.05) is 44.2 Å². The maximum atomic E-state index is 12.5. The minimum Gasteiger partial charge on any atom is -0.394 e. The molecule has 1 aliphatic rings. The zero-order valence-electron chi connectivity index (χ0n) is 16.5. The molecule has 156 valence electrons. The van der Waals surface area contributed by atoms with Gasteiger partial charge in [-0.3, -0.25) is 9.52 Å². The van der Waals surface area contributed by atoms with Crippen LogP contribution in [-0.2, 0) is 19.6 Å². The Kier molecular flexibility index (Phi) is 6.56. The molecule has 2 unspecified atom stereocenters. The number of carbonyl (C=O) groups is 1.